The van der Waals surface area contributed by atoms with E-state index in [1.165, 1.54) is 22.8 Å². The topological polar surface area (TPSA) is 98.0 Å². The molecule has 0 amide bonds. The van der Waals surface area contributed by atoms with Crippen LogP contribution in [0.3, 0.4) is 0 Å². The minimum absolute atomic E-state index is 0.0699. The highest BCUT2D eigenvalue weighted by Crippen LogP contribution is 2.35. The number of aromatic carboxylic acids is 2. The zero-order valence-corrected chi connectivity index (χ0v) is 19.0. The molecule has 0 atom stereocenters. The number of benzene rings is 3. The maximum Gasteiger partial charge on any atom is 0.416 e. The van der Waals surface area contributed by atoms with Crippen LogP contribution in [-0.2, 0) is 6.18 Å². The van der Waals surface area contributed by atoms with Crippen LogP contribution < -0.4 is 9.47 Å². The quantitative estimate of drug-likeness (QED) is 0.296. The number of carbonyl (C=O) groups is 2. The van der Waals surface area contributed by atoms with E-state index < -0.39 is 34.9 Å². The van der Waals surface area contributed by atoms with E-state index in [1.54, 1.807) is 24.3 Å². The van der Waals surface area contributed by atoms with Crippen LogP contribution in [0.15, 0.2) is 66.7 Å². The van der Waals surface area contributed by atoms with Gasteiger partial charge in [0.25, 0.3) is 0 Å². The molecule has 0 saturated carbocycles. The largest absolute Gasteiger partial charge is 0.491 e. The SMILES string of the molecule is CC(C)Oc1ccc(-n2c(C(=O)O)c(C(=O)O)c3cc(Oc4ccc(C(F)(F)F)cc4)ccc32)cc1. The Morgan fingerprint density at radius 2 is 1.42 bits per heavy atom. The standard InChI is InChI=1S/C26H20F3NO6/c1-14(2)35-17-9-5-16(6-10-17)30-21-12-11-19(13-20(21)22(24(31)32)23(30)25(33)34)36-18-7-3-15(4-8-18)26(27,28)29/h3-14H,1-2H3,(H,31,32)(H,33,34). The molecule has 7 nitrogen and oxygen atoms in total. The second kappa shape index (κ2) is 9.29. The Hall–Kier alpha value is -4.47. The lowest BCUT2D eigenvalue weighted by atomic mass is 10.1. The first-order valence-electron chi connectivity index (χ1n) is 10.7. The number of carboxylic acids is 2. The van der Waals surface area contributed by atoms with Crippen molar-refractivity contribution in [2.75, 3.05) is 0 Å². The van der Waals surface area contributed by atoms with E-state index in [0.717, 1.165) is 24.3 Å². The van der Waals surface area contributed by atoms with E-state index in [2.05, 4.69) is 0 Å². The fraction of sp³-hybridized carbons (Fsp3) is 0.154. The van der Waals surface area contributed by atoms with Crippen LogP contribution in [0.5, 0.6) is 17.2 Å². The van der Waals surface area contributed by atoms with Crippen LogP contribution >= 0.6 is 0 Å². The van der Waals surface area contributed by atoms with E-state index in [1.807, 2.05) is 13.8 Å². The van der Waals surface area contributed by atoms with Crippen LogP contribution in [0.25, 0.3) is 16.6 Å². The molecular formula is C26H20F3NO6. The van der Waals surface area contributed by atoms with Gasteiger partial charge in [-0.2, -0.15) is 13.2 Å². The van der Waals surface area contributed by atoms with Gasteiger partial charge < -0.3 is 24.3 Å². The van der Waals surface area contributed by atoms with Crippen molar-refractivity contribution in [2.24, 2.45) is 0 Å². The normalized spacial score (nSPS) is 11.6. The molecule has 0 aliphatic carbocycles. The lowest BCUT2D eigenvalue weighted by Gasteiger charge is -2.12. The van der Waals surface area contributed by atoms with Gasteiger partial charge >= 0.3 is 18.1 Å². The molecule has 0 bridgehead atoms. The summed E-state index contributed by atoms with van der Waals surface area (Å²) in [6.07, 6.45) is -4.57. The van der Waals surface area contributed by atoms with Gasteiger partial charge in [-0.3, -0.25) is 0 Å². The average Bonchev–Trinajstić information content (AvgIpc) is 3.14. The smallest absolute Gasteiger partial charge is 0.416 e. The number of aromatic nitrogens is 1. The van der Waals surface area contributed by atoms with Gasteiger partial charge in [0.05, 0.1) is 17.2 Å². The van der Waals surface area contributed by atoms with E-state index in [0.29, 0.717) is 17.0 Å². The molecule has 1 heterocycles. The summed E-state index contributed by atoms with van der Waals surface area (Å²) in [7, 11) is 0. The minimum atomic E-state index is -4.50. The molecule has 0 aliphatic rings. The van der Waals surface area contributed by atoms with E-state index in [4.69, 9.17) is 9.47 Å². The van der Waals surface area contributed by atoms with Gasteiger partial charge in [-0.15, -0.1) is 0 Å². The highest BCUT2D eigenvalue weighted by Gasteiger charge is 2.30. The van der Waals surface area contributed by atoms with Crippen molar-refractivity contribution in [3.05, 3.63) is 83.6 Å². The van der Waals surface area contributed by atoms with Gasteiger partial charge in [-0.1, -0.05) is 0 Å². The fourth-order valence-electron chi connectivity index (χ4n) is 3.81. The molecule has 0 radical (unpaired) electrons. The number of alkyl halides is 3. The van der Waals surface area contributed by atoms with Gasteiger partial charge in [-0.25, -0.2) is 9.59 Å². The molecule has 0 saturated heterocycles. The number of rotatable bonds is 7. The zero-order chi connectivity index (χ0) is 26.2. The molecule has 10 heteroatoms. The number of carboxylic acid groups (broad SMARTS) is 2. The van der Waals surface area contributed by atoms with Gasteiger partial charge in [0.15, 0.2) is 0 Å². The monoisotopic (exact) mass is 499 g/mol. The molecule has 4 rings (SSSR count). The molecule has 0 spiro atoms. The number of ether oxygens (including phenoxy) is 2. The third-order valence-electron chi connectivity index (χ3n) is 5.24. The summed E-state index contributed by atoms with van der Waals surface area (Å²) >= 11 is 0. The summed E-state index contributed by atoms with van der Waals surface area (Å²) in [5, 5.41) is 19.8. The molecule has 1 aromatic heterocycles. The number of halogens is 3. The van der Waals surface area contributed by atoms with E-state index in [-0.39, 0.29) is 23.0 Å². The van der Waals surface area contributed by atoms with Crippen molar-refractivity contribution in [1.82, 2.24) is 4.57 Å². The third kappa shape index (κ3) is 4.83. The first kappa shape index (κ1) is 24.6. The molecule has 186 valence electrons. The summed E-state index contributed by atoms with van der Waals surface area (Å²) in [6, 6.07) is 14.8. The third-order valence-corrected chi connectivity index (χ3v) is 5.24. The Labute approximate surface area is 202 Å². The van der Waals surface area contributed by atoms with Crippen molar-refractivity contribution in [3.63, 3.8) is 0 Å². The average molecular weight is 499 g/mol. The van der Waals surface area contributed by atoms with Gasteiger partial charge in [0.1, 0.15) is 28.5 Å². The molecule has 0 aliphatic heterocycles. The second-order valence-electron chi connectivity index (χ2n) is 8.13. The Kier molecular flexibility index (Phi) is 6.36. The summed E-state index contributed by atoms with van der Waals surface area (Å²) in [5.74, 6) is -2.12. The summed E-state index contributed by atoms with van der Waals surface area (Å²) in [5.41, 5.74) is -1.05. The summed E-state index contributed by atoms with van der Waals surface area (Å²) < 4.78 is 51.0. The zero-order valence-electron chi connectivity index (χ0n) is 19.0. The molecule has 0 unspecified atom stereocenters. The number of fused-ring (bicyclic) bond motifs is 1. The van der Waals surface area contributed by atoms with Crippen molar-refractivity contribution in [1.29, 1.82) is 0 Å². The lowest BCUT2D eigenvalue weighted by molar-refractivity contribution is -0.137. The van der Waals surface area contributed by atoms with Crippen molar-refractivity contribution in [3.8, 4) is 22.9 Å². The van der Waals surface area contributed by atoms with Gasteiger partial charge in [0, 0.05) is 11.1 Å². The van der Waals surface area contributed by atoms with Crippen LogP contribution in [0.1, 0.15) is 40.3 Å². The highest BCUT2D eigenvalue weighted by atomic mass is 19.4. The molecule has 3 aromatic carbocycles. The first-order valence-corrected chi connectivity index (χ1v) is 10.7. The van der Waals surface area contributed by atoms with Crippen LogP contribution in [0.2, 0.25) is 0 Å². The van der Waals surface area contributed by atoms with Gasteiger partial charge in [0.2, 0.25) is 0 Å². The maximum atomic E-state index is 12.8. The Bertz CT molecular complexity index is 1440. The van der Waals surface area contributed by atoms with Crippen LogP contribution in [0.4, 0.5) is 13.2 Å². The van der Waals surface area contributed by atoms with Crippen LogP contribution in [0, 0.1) is 0 Å². The van der Waals surface area contributed by atoms with Gasteiger partial charge in [-0.05, 0) is 80.6 Å². The Morgan fingerprint density at radius 1 is 0.833 bits per heavy atom. The lowest BCUT2D eigenvalue weighted by Crippen LogP contribution is -2.12. The first-order chi connectivity index (χ1) is 17.0. The minimum Gasteiger partial charge on any atom is -0.491 e. The number of hydrogen-bond acceptors (Lipinski definition) is 4. The number of hydrogen-bond donors (Lipinski definition) is 2. The van der Waals surface area contributed by atoms with Crippen molar-refractivity contribution in [2.45, 2.75) is 26.1 Å². The molecular weight excluding hydrogens is 479 g/mol. The summed E-state index contributed by atoms with van der Waals surface area (Å²) in [4.78, 5) is 24.3. The predicted octanol–water partition coefficient (Wildman–Crippen LogP) is 6.63. The highest BCUT2D eigenvalue weighted by molar-refractivity contribution is 6.13. The second-order valence-corrected chi connectivity index (χ2v) is 8.13. The van der Waals surface area contributed by atoms with E-state index >= 15 is 0 Å². The summed E-state index contributed by atoms with van der Waals surface area (Å²) in [6.45, 7) is 3.72. The molecule has 2 N–H and O–H groups in total. The molecule has 0 fully saturated rings. The van der Waals surface area contributed by atoms with Crippen LogP contribution in [-0.4, -0.2) is 32.8 Å². The maximum absolute atomic E-state index is 12.8. The van der Waals surface area contributed by atoms with E-state index in [9.17, 15) is 33.0 Å². The fourth-order valence-corrected chi connectivity index (χ4v) is 3.81. The Balaban J connectivity index is 1.81. The van der Waals surface area contributed by atoms with Crippen molar-refractivity contribution >= 4 is 22.8 Å². The molecule has 36 heavy (non-hydrogen) atoms. The van der Waals surface area contributed by atoms with Crippen molar-refractivity contribution < 1.29 is 42.4 Å². The molecule has 4 aromatic rings. The Morgan fingerprint density at radius 3 is 1.94 bits per heavy atom. The number of nitrogens with zero attached hydrogens (tertiary/aromatic N) is 1. The predicted molar refractivity (Wildman–Crippen MR) is 124 cm³/mol.